The van der Waals surface area contributed by atoms with Crippen molar-refractivity contribution in [2.45, 2.75) is 63.8 Å². The highest BCUT2D eigenvalue weighted by Gasteiger charge is 2.55. The Morgan fingerprint density at radius 3 is 1.22 bits per heavy atom. The summed E-state index contributed by atoms with van der Waals surface area (Å²) < 4.78 is 26.3. The first-order chi connectivity index (χ1) is 31.2. The summed E-state index contributed by atoms with van der Waals surface area (Å²) in [5.74, 6) is 0. The zero-order valence-corrected chi connectivity index (χ0v) is 40.9. The van der Waals surface area contributed by atoms with E-state index in [2.05, 4.69) is 182 Å². The Bertz CT molecular complexity index is 1910. The van der Waals surface area contributed by atoms with E-state index in [0.717, 1.165) is 18.5 Å². The topological polar surface area (TPSA) is 97.6 Å². The fraction of sp³-hybridized carbons (Fsp3) is 0.321. The van der Waals surface area contributed by atoms with Crippen molar-refractivity contribution in [3.8, 4) is 0 Å². The Labute approximate surface area is 385 Å². The average Bonchev–Trinajstić information content (AvgIpc) is 3.67. The molecule has 1 aliphatic heterocycles. The quantitative estimate of drug-likeness (QED) is 0.0345. The Kier molecular flexibility index (Phi) is 18.1. The maximum atomic E-state index is 11.0. The van der Waals surface area contributed by atoms with Gasteiger partial charge in [-0.3, -0.25) is 0 Å². The van der Waals surface area contributed by atoms with Gasteiger partial charge >= 0.3 is 8.80 Å². The number of hydrogen-bond acceptors (Lipinski definition) is 7. The van der Waals surface area contributed by atoms with Crippen molar-refractivity contribution in [3.05, 3.63) is 182 Å². The van der Waals surface area contributed by atoms with Gasteiger partial charge in [0.2, 0.25) is 0 Å². The molecule has 6 atom stereocenters. The third-order valence-electron chi connectivity index (χ3n) is 11.8. The van der Waals surface area contributed by atoms with Crippen LogP contribution < -0.4 is 31.8 Å². The van der Waals surface area contributed by atoms with Crippen molar-refractivity contribution in [1.82, 2.24) is 0 Å². The summed E-state index contributed by atoms with van der Waals surface area (Å²) in [6.45, 7) is 6.59. The molecule has 0 spiro atoms. The number of benzene rings is 6. The average molecular weight is 933 g/mol. The molecule has 6 aromatic carbocycles. The standard InChI is InChI=1S/C53H63O7P3Si/c1-4-58-64(59-43(3)52(60-64)51(56)50(55)42(2)54)37-23-36-57-38-53(39-61(44-24-11-5-12-25-44)45-26-13-6-14-27-45,40-62(46-28-15-7-16-29-46)47-30-17-8-18-31-47)41-63(48-32-19-9-20-33-48)49-34-21-10-22-35-49/h5-22,24-35,42-43,50-52,54-56H,4,23,36-41H2,1-3H3. The summed E-state index contributed by atoms with van der Waals surface area (Å²) in [6, 6.07) is 67.0. The molecule has 0 bridgehead atoms. The smallest absolute Gasteiger partial charge is 0.391 e. The Morgan fingerprint density at radius 1 is 0.562 bits per heavy atom. The van der Waals surface area contributed by atoms with Crippen molar-refractivity contribution >= 4 is 64.4 Å². The molecule has 0 aromatic heterocycles. The number of rotatable bonds is 23. The van der Waals surface area contributed by atoms with Gasteiger partial charge < -0.3 is 33.3 Å². The molecule has 6 unspecified atom stereocenters. The molecule has 1 aliphatic rings. The van der Waals surface area contributed by atoms with Crippen molar-refractivity contribution < 1.29 is 33.3 Å². The van der Waals surface area contributed by atoms with E-state index in [1.165, 1.54) is 38.8 Å². The van der Waals surface area contributed by atoms with Crippen LogP contribution >= 0.6 is 23.8 Å². The van der Waals surface area contributed by atoms with Crippen LogP contribution in [0, 0.1) is 5.41 Å². The maximum Gasteiger partial charge on any atom is 0.501 e. The number of hydrogen-bond donors (Lipinski definition) is 3. The summed E-state index contributed by atoms with van der Waals surface area (Å²) in [7, 11) is -5.73. The summed E-state index contributed by atoms with van der Waals surface area (Å²) >= 11 is 0. The molecule has 7 nitrogen and oxygen atoms in total. The molecule has 0 aliphatic carbocycles. The van der Waals surface area contributed by atoms with Crippen LogP contribution in [0.25, 0.3) is 0 Å². The van der Waals surface area contributed by atoms with E-state index in [4.69, 9.17) is 18.0 Å². The van der Waals surface area contributed by atoms with E-state index < -0.39 is 63.1 Å². The molecular formula is C53H63O7P3Si. The second-order valence-corrected chi connectivity index (χ2v) is 25.9. The third-order valence-corrected chi connectivity index (χ3v) is 23.3. The number of aliphatic hydroxyl groups excluding tert-OH is 3. The van der Waals surface area contributed by atoms with Gasteiger partial charge in [0.05, 0.1) is 18.8 Å². The van der Waals surface area contributed by atoms with Crippen LogP contribution in [0.15, 0.2) is 182 Å². The Balaban J connectivity index is 1.29. The van der Waals surface area contributed by atoms with E-state index >= 15 is 0 Å². The minimum Gasteiger partial charge on any atom is -0.391 e. The minimum absolute atomic E-state index is 0.303. The predicted molar refractivity (Wildman–Crippen MR) is 271 cm³/mol. The summed E-state index contributed by atoms with van der Waals surface area (Å²) in [5.41, 5.74) is -0.303. The first-order valence-electron chi connectivity index (χ1n) is 22.4. The van der Waals surface area contributed by atoms with E-state index in [9.17, 15) is 15.3 Å². The van der Waals surface area contributed by atoms with Crippen molar-refractivity contribution in [2.75, 3.05) is 38.3 Å². The summed E-state index contributed by atoms with van der Waals surface area (Å²) in [5, 5.41) is 39.7. The lowest BCUT2D eigenvalue weighted by Gasteiger charge is -2.42. The molecule has 11 heteroatoms. The molecule has 1 saturated heterocycles. The third kappa shape index (κ3) is 12.7. The second-order valence-electron chi connectivity index (χ2n) is 16.7. The molecular weight excluding hydrogens is 870 g/mol. The SMILES string of the molecule is CCO[Si]1(CCCOCC(CP(c2ccccc2)c2ccccc2)(CP(c2ccccc2)c2ccccc2)CP(c2ccccc2)c2ccccc2)OC(C)C(C(O)C(O)C(C)O)O1. The van der Waals surface area contributed by atoms with Gasteiger partial charge in [-0.25, -0.2) is 0 Å². The fourth-order valence-electron chi connectivity index (χ4n) is 8.60. The zero-order chi connectivity index (χ0) is 44.8. The monoisotopic (exact) mass is 932 g/mol. The van der Waals surface area contributed by atoms with Gasteiger partial charge in [-0.2, -0.15) is 0 Å². The van der Waals surface area contributed by atoms with Crippen LogP contribution in [-0.4, -0.2) is 93.0 Å². The van der Waals surface area contributed by atoms with Crippen LogP contribution in [0.4, 0.5) is 0 Å². The van der Waals surface area contributed by atoms with E-state index in [1.807, 2.05) is 13.8 Å². The molecule has 1 fully saturated rings. The van der Waals surface area contributed by atoms with Crippen LogP contribution in [-0.2, 0) is 18.0 Å². The Hall–Kier alpha value is -3.45. The second kappa shape index (κ2) is 23.8. The number of ether oxygens (including phenoxy) is 1. The van der Waals surface area contributed by atoms with Crippen LogP contribution in [0.5, 0.6) is 0 Å². The molecule has 336 valence electrons. The van der Waals surface area contributed by atoms with Gasteiger partial charge in [0.25, 0.3) is 0 Å². The van der Waals surface area contributed by atoms with E-state index in [1.54, 1.807) is 0 Å². The molecule has 64 heavy (non-hydrogen) atoms. The maximum absolute atomic E-state index is 11.0. The van der Waals surface area contributed by atoms with E-state index in [-0.39, 0.29) is 5.41 Å². The fourth-order valence-corrected chi connectivity index (χ4v) is 20.3. The highest BCUT2D eigenvalue weighted by atomic mass is 31.1. The lowest BCUT2D eigenvalue weighted by molar-refractivity contribution is -0.0988. The normalized spacial score (nSPS) is 19.3. The van der Waals surface area contributed by atoms with Crippen molar-refractivity contribution in [3.63, 3.8) is 0 Å². The Morgan fingerprint density at radius 2 is 0.906 bits per heavy atom. The highest BCUT2D eigenvalue weighted by Crippen LogP contribution is 2.53. The summed E-state index contributed by atoms with van der Waals surface area (Å²) in [4.78, 5) is 0. The molecule has 0 amide bonds. The highest BCUT2D eigenvalue weighted by molar-refractivity contribution is 7.75. The molecule has 1 heterocycles. The lowest BCUT2D eigenvalue weighted by atomic mass is 9.97. The summed E-state index contributed by atoms with van der Waals surface area (Å²) in [6.07, 6.45) is -1.73. The van der Waals surface area contributed by atoms with Gasteiger partial charge in [0, 0.05) is 24.7 Å². The van der Waals surface area contributed by atoms with Gasteiger partial charge in [-0.05, 0) is 101 Å². The van der Waals surface area contributed by atoms with Gasteiger partial charge in [-0.1, -0.05) is 182 Å². The largest absolute Gasteiger partial charge is 0.501 e. The predicted octanol–water partition coefficient (Wildman–Crippen LogP) is 7.66. The minimum atomic E-state index is -3.26. The van der Waals surface area contributed by atoms with Gasteiger partial charge in [-0.15, -0.1) is 0 Å². The molecule has 3 N–H and O–H groups in total. The van der Waals surface area contributed by atoms with Gasteiger partial charge in [0.15, 0.2) is 0 Å². The number of aliphatic hydroxyl groups is 3. The van der Waals surface area contributed by atoms with Gasteiger partial charge in [0.1, 0.15) is 18.3 Å². The van der Waals surface area contributed by atoms with Crippen molar-refractivity contribution in [2.24, 2.45) is 5.41 Å². The van der Waals surface area contributed by atoms with Crippen LogP contribution in [0.2, 0.25) is 6.04 Å². The molecule has 6 aromatic rings. The molecule has 0 saturated carbocycles. The zero-order valence-electron chi connectivity index (χ0n) is 37.2. The molecule has 7 rings (SSSR count). The van der Waals surface area contributed by atoms with Crippen LogP contribution in [0.1, 0.15) is 27.2 Å². The van der Waals surface area contributed by atoms with Crippen LogP contribution in [0.3, 0.4) is 0 Å². The lowest BCUT2D eigenvalue weighted by Crippen LogP contribution is -2.48. The first kappa shape index (κ1) is 48.5. The first-order valence-corrected chi connectivity index (χ1v) is 29.0. The van der Waals surface area contributed by atoms with Crippen molar-refractivity contribution in [1.29, 1.82) is 0 Å². The van der Waals surface area contributed by atoms with E-state index in [0.29, 0.717) is 32.3 Å². The molecule has 0 radical (unpaired) electrons.